The standard InChI is InChI=1S/C28H35F4N7O3/c1-16-14-38(5-4-37(16)3)24-10-22(29)19(18-11-34-27(35-12-18)39-6-7-42-17(2)15-39)8-23(24)36-26(41)20-13-33-25(40)9-21(20)28(30,31)32/h8,10-12,16-17,20-21H,4-7,9,13-15H2,1-3H3,(H,33,40)(H,36,41)/t16-,17+,20?,21?/m0/s1. The van der Waals surface area contributed by atoms with Crippen LogP contribution < -0.4 is 20.4 Å². The molecule has 5 rings (SSSR count). The summed E-state index contributed by atoms with van der Waals surface area (Å²) < 4.78 is 62.6. The monoisotopic (exact) mass is 593 g/mol. The van der Waals surface area contributed by atoms with E-state index in [0.717, 1.165) is 0 Å². The van der Waals surface area contributed by atoms with Gasteiger partial charge >= 0.3 is 6.18 Å². The van der Waals surface area contributed by atoms with Crippen molar-refractivity contribution in [3.63, 3.8) is 0 Å². The molecule has 2 N–H and O–H groups in total. The van der Waals surface area contributed by atoms with E-state index >= 15 is 4.39 Å². The molecule has 10 nitrogen and oxygen atoms in total. The highest BCUT2D eigenvalue weighted by molar-refractivity contribution is 5.98. The third-order valence-electron chi connectivity index (χ3n) is 8.28. The van der Waals surface area contributed by atoms with Crippen molar-refractivity contribution in [2.45, 2.75) is 38.6 Å². The van der Waals surface area contributed by atoms with E-state index < -0.39 is 48.6 Å². The van der Waals surface area contributed by atoms with Crippen LogP contribution in [0, 0.1) is 17.7 Å². The molecule has 4 atom stereocenters. The Kier molecular flexibility index (Phi) is 8.56. The molecule has 2 aromatic rings. The van der Waals surface area contributed by atoms with Gasteiger partial charge in [0.1, 0.15) is 5.82 Å². The lowest BCUT2D eigenvalue weighted by molar-refractivity contribution is -0.197. The molecule has 0 bridgehead atoms. The molecule has 3 aliphatic rings. The average Bonchev–Trinajstić information content (AvgIpc) is 2.95. The van der Waals surface area contributed by atoms with Crippen LogP contribution in [0.15, 0.2) is 24.5 Å². The van der Waals surface area contributed by atoms with Gasteiger partial charge in [0.2, 0.25) is 17.8 Å². The summed E-state index contributed by atoms with van der Waals surface area (Å²) in [5, 5.41) is 5.02. The van der Waals surface area contributed by atoms with Gasteiger partial charge in [-0.15, -0.1) is 0 Å². The first kappa shape index (κ1) is 30.0. The number of carbonyl (C=O) groups excluding carboxylic acids is 2. The van der Waals surface area contributed by atoms with E-state index in [-0.39, 0.29) is 23.4 Å². The van der Waals surface area contributed by atoms with Gasteiger partial charge in [-0.2, -0.15) is 13.2 Å². The van der Waals surface area contributed by atoms with E-state index in [1.165, 1.54) is 24.5 Å². The number of carbonyl (C=O) groups is 2. The van der Waals surface area contributed by atoms with E-state index in [1.54, 1.807) is 0 Å². The number of benzene rings is 1. The van der Waals surface area contributed by atoms with Crippen LogP contribution in [0.3, 0.4) is 0 Å². The predicted octanol–water partition coefficient (Wildman–Crippen LogP) is 2.90. The Balaban J connectivity index is 1.47. The highest BCUT2D eigenvalue weighted by Crippen LogP contribution is 2.39. The van der Waals surface area contributed by atoms with E-state index in [1.807, 2.05) is 30.7 Å². The second-order valence-electron chi connectivity index (χ2n) is 11.3. The SMILES string of the molecule is C[C@@H]1CN(c2ncc(-c3cc(NC(=O)C4CNC(=O)CC4C(F)(F)F)c(N4CCN(C)[C@@H](C)C4)cc3F)cn2)CCO1. The molecule has 2 unspecified atom stereocenters. The fourth-order valence-electron chi connectivity index (χ4n) is 5.66. The Morgan fingerprint density at radius 2 is 1.83 bits per heavy atom. The number of halogens is 4. The van der Waals surface area contributed by atoms with Gasteiger partial charge in [0.25, 0.3) is 0 Å². The van der Waals surface area contributed by atoms with Gasteiger partial charge in [0.05, 0.1) is 35.9 Å². The van der Waals surface area contributed by atoms with Crippen molar-refractivity contribution >= 4 is 29.1 Å². The molecule has 14 heteroatoms. The third-order valence-corrected chi connectivity index (χ3v) is 8.28. The summed E-state index contributed by atoms with van der Waals surface area (Å²) in [6.45, 7) is 7.03. The number of piperidine rings is 1. The lowest BCUT2D eigenvalue weighted by Crippen LogP contribution is -2.51. The number of alkyl halides is 3. The van der Waals surface area contributed by atoms with Gasteiger partial charge in [0.15, 0.2) is 0 Å². The van der Waals surface area contributed by atoms with Crippen LogP contribution in [0.5, 0.6) is 0 Å². The summed E-state index contributed by atoms with van der Waals surface area (Å²) in [6.07, 6.45) is -2.57. The minimum Gasteiger partial charge on any atom is -0.375 e. The van der Waals surface area contributed by atoms with Crippen molar-refractivity contribution in [3.8, 4) is 11.1 Å². The van der Waals surface area contributed by atoms with Crippen LogP contribution in [0.25, 0.3) is 11.1 Å². The number of anilines is 3. The summed E-state index contributed by atoms with van der Waals surface area (Å²) in [6, 6.07) is 2.84. The third kappa shape index (κ3) is 6.43. The lowest BCUT2D eigenvalue weighted by atomic mass is 9.84. The molecule has 2 amide bonds. The minimum atomic E-state index is -4.74. The first-order valence-corrected chi connectivity index (χ1v) is 14.0. The van der Waals surface area contributed by atoms with Crippen molar-refractivity contribution in [1.29, 1.82) is 0 Å². The maximum Gasteiger partial charge on any atom is 0.393 e. The fraction of sp³-hybridized carbons (Fsp3) is 0.571. The molecule has 3 aliphatic heterocycles. The van der Waals surface area contributed by atoms with Gasteiger partial charge < -0.3 is 30.1 Å². The number of amides is 2. The molecule has 1 aromatic carbocycles. The molecule has 0 saturated carbocycles. The van der Waals surface area contributed by atoms with Gasteiger partial charge in [-0.25, -0.2) is 14.4 Å². The largest absolute Gasteiger partial charge is 0.393 e. The summed E-state index contributed by atoms with van der Waals surface area (Å²) in [5.74, 6) is -5.41. The van der Waals surface area contributed by atoms with Crippen molar-refractivity contribution in [3.05, 3.63) is 30.3 Å². The summed E-state index contributed by atoms with van der Waals surface area (Å²) >= 11 is 0. The molecule has 1 aromatic heterocycles. The first-order valence-electron chi connectivity index (χ1n) is 14.0. The number of aromatic nitrogens is 2. The zero-order valence-corrected chi connectivity index (χ0v) is 23.7. The Bertz CT molecular complexity index is 1310. The molecule has 0 aliphatic carbocycles. The van der Waals surface area contributed by atoms with Gasteiger partial charge in [0, 0.05) is 75.3 Å². The number of hydrogen-bond donors (Lipinski definition) is 2. The smallest absolute Gasteiger partial charge is 0.375 e. The van der Waals surface area contributed by atoms with E-state index in [9.17, 15) is 22.8 Å². The minimum absolute atomic E-state index is 0.0184. The zero-order valence-electron chi connectivity index (χ0n) is 23.7. The molecular weight excluding hydrogens is 558 g/mol. The number of morpholine rings is 1. The Morgan fingerprint density at radius 3 is 2.50 bits per heavy atom. The number of piperazine rings is 1. The summed E-state index contributed by atoms with van der Waals surface area (Å²) in [7, 11) is 1.98. The molecule has 3 saturated heterocycles. The molecule has 0 radical (unpaired) electrons. The first-order chi connectivity index (χ1) is 19.9. The summed E-state index contributed by atoms with van der Waals surface area (Å²) in [5.41, 5.74) is 0.997. The van der Waals surface area contributed by atoms with Crippen molar-refractivity contribution in [2.24, 2.45) is 11.8 Å². The molecule has 3 fully saturated rings. The van der Waals surface area contributed by atoms with Crippen molar-refractivity contribution < 1.29 is 31.9 Å². The zero-order chi connectivity index (χ0) is 30.2. The average molecular weight is 594 g/mol. The van der Waals surface area contributed by atoms with E-state index in [4.69, 9.17) is 4.74 Å². The number of hydrogen-bond acceptors (Lipinski definition) is 8. The quantitative estimate of drug-likeness (QED) is 0.511. The molecule has 42 heavy (non-hydrogen) atoms. The Hall–Kier alpha value is -3.52. The van der Waals surface area contributed by atoms with Crippen LogP contribution >= 0.6 is 0 Å². The number of rotatable bonds is 5. The number of likely N-dealkylation sites (N-methyl/N-ethyl adjacent to an activating group) is 1. The molecule has 4 heterocycles. The highest BCUT2D eigenvalue weighted by Gasteiger charge is 2.50. The van der Waals surface area contributed by atoms with Crippen LogP contribution in [-0.2, 0) is 14.3 Å². The molecule has 0 spiro atoms. The van der Waals surface area contributed by atoms with Crippen LogP contribution in [0.4, 0.5) is 34.9 Å². The maximum atomic E-state index is 15.7. The van der Waals surface area contributed by atoms with Crippen LogP contribution in [0.2, 0.25) is 0 Å². The Morgan fingerprint density at radius 1 is 1.10 bits per heavy atom. The second-order valence-corrected chi connectivity index (χ2v) is 11.3. The fourth-order valence-corrected chi connectivity index (χ4v) is 5.66. The van der Waals surface area contributed by atoms with E-state index in [2.05, 4.69) is 25.5 Å². The van der Waals surface area contributed by atoms with Gasteiger partial charge in [-0.1, -0.05) is 0 Å². The van der Waals surface area contributed by atoms with Crippen LogP contribution in [-0.4, -0.2) is 97.9 Å². The normalized spacial score (nSPS) is 25.7. The second kappa shape index (κ2) is 12.0. The number of ether oxygens (including phenoxy) is 1. The maximum absolute atomic E-state index is 15.7. The Labute approximate surface area is 241 Å². The van der Waals surface area contributed by atoms with Crippen molar-refractivity contribution in [1.82, 2.24) is 20.2 Å². The molecule has 228 valence electrons. The van der Waals surface area contributed by atoms with Gasteiger partial charge in [-0.05, 0) is 33.0 Å². The van der Waals surface area contributed by atoms with E-state index in [0.29, 0.717) is 56.5 Å². The predicted molar refractivity (Wildman–Crippen MR) is 149 cm³/mol. The lowest BCUT2D eigenvalue weighted by Gasteiger charge is -2.40. The topological polar surface area (TPSA) is 103 Å². The highest BCUT2D eigenvalue weighted by atomic mass is 19.4. The number of nitrogens with zero attached hydrogens (tertiary/aromatic N) is 5. The van der Waals surface area contributed by atoms with Crippen LogP contribution in [0.1, 0.15) is 20.3 Å². The number of nitrogens with one attached hydrogen (secondary N) is 2. The molecular formula is C28H35F4N7O3. The summed E-state index contributed by atoms with van der Waals surface area (Å²) in [4.78, 5) is 39.9. The van der Waals surface area contributed by atoms with Crippen molar-refractivity contribution in [2.75, 3.05) is 68.0 Å². The van der Waals surface area contributed by atoms with Gasteiger partial charge in [-0.3, -0.25) is 9.59 Å².